The Bertz CT molecular complexity index is 728. The minimum atomic E-state index is -0.301. The average Bonchev–Trinajstić information content (AvgIpc) is 2.84. The molecule has 2 rings (SSSR count). The summed E-state index contributed by atoms with van der Waals surface area (Å²) >= 11 is 1.48. The van der Waals surface area contributed by atoms with Gasteiger partial charge in [0.25, 0.3) is 0 Å². The molecule has 23 heavy (non-hydrogen) atoms. The van der Waals surface area contributed by atoms with Gasteiger partial charge in [-0.2, -0.15) is 5.26 Å². The van der Waals surface area contributed by atoms with Crippen molar-refractivity contribution in [1.82, 2.24) is 9.88 Å². The van der Waals surface area contributed by atoms with Gasteiger partial charge in [-0.05, 0) is 45.5 Å². The average molecular weight is 328 g/mol. The number of hydrogen-bond donors (Lipinski definition) is 1. The van der Waals surface area contributed by atoms with E-state index in [1.54, 1.807) is 6.07 Å². The van der Waals surface area contributed by atoms with Crippen molar-refractivity contribution in [1.29, 1.82) is 5.26 Å². The summed E-state index contributed by atoms with van der Waals surface area (Å²) in [5, 5.41) is 12.5. The van der Waals surface area contributed by atoms with Gasteiger partial charge in [0.05, 0.1) is 23.4 Å². The number of likely N-dealkylation sites (N-methyl/N-ethyl adjacent to an activating group) is 1. The van der Waals surface area contributed by atoms with E-state index >= 15 is 0 Å². The second-order valence-electron chi connectivity index (χ2n) is 5.55. The summed E-state index contributed by atoms with van der Waals surface area (Å²) in [7, 11) is 1.89. The zero-order chi connectivity index (χ0) is 17.0. The lowest BCUT2D eigenvalue weighted by atomic mass is 10.1. The zero-order valence-corrected chi connectivity index (χ0v) is 14.6. The number of carbonyl (C=O) groups excluding carboxylic acids is 1. The first-order valence-electron chi connectivity index (χ1n) is 7.35. The van der Waals surface area contributed by atoms with Gasteiger partial charge >= 0.3 is 0 Å². The first kappa shape index (κ1) is 17.1. The van der Waals surface area contributed by atoms with E-state index in [2.05, 4.69) is 16.4 Å². The van der Waals surface area contributed by atoms with Crippen LogP contribution in [0.25, 0.3) is 0 Å². The van der Waals surface area contributed by atoms with E-state index in [4.69, 9.17) is 5.26 Å². The van der Waals surface area contributed by atoms with E-state index in [1.165, 1.54) is 11.3 Å². The largest absolute Gasteiger partial charge is 0.301 e. The van der Waals surface area contributed by atoms with Gasteiger partial charge in [-0.1, -0.05) is 12.1 Å². The predicted octanol–water partition coefficient (Wildman–Crippen LogP) is 3.09. The lowest BCUT2D eigenvalue weighted by Crippen LogP contribution is -2.39. The van der Waals surface area contributed by atoms with E-state index in [1.807, 2.05) is 50.9 Å². The highest BCUT2D eigenvalue weighted by Gasteiger charge is 2.19. The fourth-order valence-corrected chi connectivity index (χ4v) is 2.92. The first-order valence-corrected chi connectivity index (χ1v) is 8.16. The third-order valence-corrected chi connectivity index (χ3v) is 4.78. The third kappa shape index (κ3) is 4.38. The number of aromatic nitrogens is 1. The van der Waals surface area contributed by atoms with Crippen molar-refractivity contribution in [3.63, 3.8) is 0 Å². The Morgan fingerprint density at radius 3 is 2.83 bits per heavy atom. The summed E-state index contributed by atoms with van der Waals surface area (Å²) in [5.41, 5.74) is 2.58. The maximum atomic E-state index is 12.3. The quantitative estimate of drug-likeness (QED) is 0.916. The highest BCUT2D eigenvalue weighted by Crippen LogP contribution is 2.21. The van der Waals surface area contributed by atoms with Gasteiger partial charge in [0, 0.05) is 11.4 Å². The van der Waals surface area contributed by atoms with Gasteiger partial charge in [-0.3, -0.25) is 9.69 Å². The standard InChI is InChI=1S/C17H20N4OS/c1-11-13(3)23-17(19-11)20-16(22)12(2)21(4)10-15-7-5-6-14(8-15)9-18/h5-8,12H,10H2,1-4H3,(H,19,20,22)/t12-/m0/s1. The molecule has 1 N–H and O–H groups in total. The number of aryl methyl sites for hydroxylation is 2. The van der Waals surface area contributed by atoms with E-state index in [0.717, 1.165) is 16.1 Å². The Hall–Kier alpha value is -2.23. The van der Waals surface area contributed by atoms with Crippen LogP contribution < -0.4 is 5.32 Å². The number of carbonyl (C=O) groups is 1. The molecule has 1 amide bonds. The second-order valence-corrected chi connectivity index (χ2v) is 6.76. The smallest absolute Gasteiger partial charge is 0.243 e. The molecule has 0 aliphatic carbocycles. The van der Waals surface area contributed by atoms with Crippen molar-refractivity contribution in [2.24, 2.45) is 0 Å². The van der Waals surface area contributed by atoms with Gasteiger partial charge in [0.1, 0.15) is 0 Å². The van der Waals surface area contributed by atoms with Crippen molar-refractivity contribution < 1.29 is 4.79 Å². The van der Waals surface area contributed by atoms with Crippen LogP contribution in [-0.4, -0.2) is 28.9 Å². The molecule has 120 valence electrons. The van der Waals surface area contributed by atoms with Crippen LogP contribution in [0.2, 0.25) is 0 Å². The topological polar surface area (TPSA) is 69.0 Å². The minimum Gasteiger partial charge on any atom is -0.301 e. The summed E-state index contributed by atoms with van der Waals surface area (Å²) in [6.45, 7) is 6.37. The molecule has 0 bridgehead atoms. The van der Waals surface area contributed by atoms with E-state index in [-0.39, 0.29) is 11.9 Å². The normalized spacial score (nSPS) is 12.0. The molecule has 1 aromatic carbocycles. The Morgan fingerprint density at radius 2 is 2.22 bits per heavy atom. The van der Waals surface area contributed by atoms with E-state index < -0.39 is 0 Å². The molecular weight excluding hydrogens is 308 g/mol. The van der Waals surface area contributed by atoms with E-state index in [9.17, 15) is 4.79 Å². The lowest BCUT2D eigenvalue weighted by Gasteiger charge is -2.23. The SMILES string of the molecule is Cc1nc(NC(=O)[C@H](C)N(C)Cc2cccc(C#N)c2)sc1C. The molecule has 2 aromatic rings. The van der Waals surface area contributed by atoms with Crippen LogP contribution >= 0.6 is 11.3 Å². The highest BCUT2D eigenvalue weighted by molar-refractivity contribution is 7.15. The molecule has 0 aliphatic rings. The van der Waals surface area contributed by atoms with Crippen molar-refractivity contribution in [2.45, 2.75) is 33.4 Å². The maximum absolute atomic E-state index is 12.3. The van der Waals surface area contributed by atoms with Crippen LogP contribution in [0.4, 0.5) is 5.13 Å². The Balaban J connectivity index is 1.99. The molecule has 0 radical (unpaired) electrons. The monoisotopic (exact) mass is 328 g/mol. The molecule has 1 heterocycles. The van der Waals surface area contributed by atoms with Crippen LogP contribution in [-0.2, 0) is 11.3 Å². The van der Waals surface area contributed by atoms with Gasteiger partial charge in [-0.15, -0.1) is 11.3 Å². The van der Waals surface area contributed by atoms with Crippen molar-refractivity contribution in [2.75, 3.05) is 12.4 Å². The number of benzene rings is 1. The second kappa shape index (κ2) is 7.36. The summed E-state index contributed by atoms with van der Waals surface area (Å²) in [4.78, 5) is 19.7. The van der Waals surface area contributed by atoms with Gasteiger partial charge in [0.2, 0.25) is 5.91 Å². The number of thiazole rings is 1. The summed E-state index contributed by atoms with van der Waals surface area (Å²) in [6, 6.07) is 9.25. The molecule has 5 nitrogen and oxygen atoms in total. The third-order valence-electron chi connectivity index (χ3n) is 3.79. The fraction of sp³-hybridized carbons (Fsp3) is 0.353. The van der Waals surface area contributed by atoms with Crippen molar-refractivity contribution in [3.8, 4) is 6.07 Å². The number of nitrogens with zero attached hydrogens (tertiary/aromatic N) is 3. The molecule has 6 heteroatoms. The van der Waals surface area contributed by atoms with Crippen LogP contribution in [0.3, 0.4) is 0 Å². The van der Waals surface area contributed by atoms with Gasteiger partial charge in [0.15, 0.2) is 5.13 Å². The van der Waals surface area contributed by atoms with Crippen LogP contribution in [0, 0.1) is 25.2 Å². The van der Waals surface area contributed by atoms with E-state index in [0.29, 0.717) is 17.2 Å². The molecule has 0 saturated carbocycles. The van der Waals surface area contributed by atoms with Gasteiger partial charge < -0.3 is 5.32 Å². The number of nitrogens with one attached hydrogen (secondary N) is 1. The minimum absolute atomic E-state index is 0.0855. The summed E-state index contributed by atoms with van der Waals surface area (Å²) in [6.07, 6.45) is 0. The maximum Gasteiger partial charge on any atom is 0.243 e. The molecular formula is C17H20N4OS. The Labute approximate surface area is 140 Å². The number of rotatable bonds is 5. The molecule has 0 fully saturated rings. The number of hydrogen-bond acceptors (Lipinski definition) is 5. The van der Waals surface area contributed by atoms with Crippen molar-refractivity contribution in [3.05, 3.63) is 46.0 Å². The summed E-state index contributed by atoms with van der Waals surface area (Å²) < 4.78 is 0. The molecule has 0 unspecified atom stereocenters. The molecule has 0 saturated heterocycles. The Kier molecular flexibility index (Phi) is 5.48. The van der Waals surface area contributed by atoms with Crippen LogP contribution in [0.1, 0.15) is 28.6 Å². The zero-order valence-electron chi connectivity index (χ0n) is 13.8. The number of nitriles is 1. The van der Waals surface area contributed by atoms with Gasteiger partial charge in [-0.25, -0.2) is 4.98 Å². The van der Waals surface area contributed by atoms with Crippen molar-refractivity contribution >= 4 is 22.4 Å². The van der Waals surface area contributed by atoms with Crippen LogP contribution in [0.15, 0.2) is 24.3 Å². The molecule has 0 spiro atoms. The first-order chi connectivity index (χ1) is 10.9. The highest BCUT2D eigenvalue weighted by atomic mass is 32.1. The predicted molar refractivity (Wildman–Crippen MR) is 92.3 cm³/mol. The van der Waals surface area contributed by atoms with Crippen LogP contribution in [0.5, 0.6) is 0 Å². The molecule has 1 atom stereocenters. The Morgan fingerprint density at radius 1 is 1.48 bits per heavy atom. The lowest BCUT2D eigenvalue weighted by molar-refractivity contribution is -0.120. The number of amides is 1. The molecule has 1 aromatic heterocycles. The summed E-state index contributed by atoms with van der Waals surface area (Å²) in [5.74, 6) is -0.0855. The fourth-order valence-electron chi connectivity index (χ4n) is 2.10. The number of anilines is 1. The molecule has 0 aliphatic heterocycles.